The van der Waals surface area contributed by atoms with Crippen LogP contribution in [-0.4, -0.2) is 50.2 Å². The van der Waals surface area contributed by atoms with Gasteiger partial charge in [0.2, 0.25) is 5.91 Å². The number of halogens is 1. The van der Waals surface area contributed by atoms with Gasteiger partial charge in [0.1, 0.15) is 19.3 Å². The van der Waals surface area contributed by atoms with Crippen molar-refractivity contribution in [2.75, 3.05) is 26.4 Å². The Morgan fingerprint density at radius 3 is 2.78 bits per heavy atom. The van der Waals surface area contributed by atoms with E-state index in [2.05, 4.69) is 10.6 Å². The maximum Gasteiger partial charge on any atom is 0.331 e. The third-order valence-corrected chi connectivity index (χ3v) is 3.78. The van der Waals surface area contributed by atoms with E-state index in [-0.39, 0.29) is 5.91 Å². The average molecular weight is 397 g/mol. The Morgan fingerprint density at radius 1 is 1.30 bits per heavy atom. The van der Waals surface area contributed by atoms with Gasteiger partial charge in [-0.05, 0) is 37.6 Å². The van der Waals surface area contributed by atoms with Gasteiger partial charge in [0.25, 0.3) is 5.91 Å². The summed E-state index contributed by atoms with van der Waals surface area (Å²) in [6, 6.07) is 2.59. The molecule has 0 unspecified atom stereocenters. The molecule has 1 aliphatic heterocycles. The minimum absolute atomic E-state index is 0.312. The van der Waals surface area contributed by atoms with E-state index < -0.39 is 24.5 Å². The standard InChI is InChI=1S/C18H21ClN2O6/c1-3-20-18(24)11(2)21-15(22)10-27-16(23)5-4-12-8-13(19)17-14(9-12)25-6-7-26-17/h4-5,8-9,11H,3,6-7,10H2,1-2H3,(H,20,24)(H,21,22)/b5-4+/t11-/m0/s1. The first kappa shape index (κ1) is 20.6. The molecule has 146 valence electrons. The number of hydrogen-bond donors (Lipinski definition) is 2. The van der Waals surface area contributed by atoms with E-state index in [4.69, 9.17) is 25.8 Å². The number of amides is 2. The second-order valence-electron chi connectivity index (χ2n) is 5.65. The monoisotopic (exact) mass is 396 g/mol. The maximum absolute atomic E-state index is 11.8. The summed E-state index contributed by atoms with van der Waals surface area (Å²) >= 11 is 6.12. The first-order chi connectivity index (χ1) is 12.9. The number of ether oxygens (including phenoxy) is 3. The molecule has 2 amide bonds. The lowest BCUT2D eigenvalue weighted by molar-refractivity contribution is -0.144. The van der Waals surface area contributed by atoms with Crippen molar-refractivity contribution in [2.24, 2.45) is 0 Å². The summed E-state index contributed by atoms with van der Waals surface area (Å²) in [5.74, 6) is -0.617. The fraction of sp³-hybridized carbons (Fsp3) is 0.389. The van der Waals surface area contributed by atoms with Gasteiger partial charge in [-0.25, -0.2) is 4.79 Å². The minimum atomic E-state index is -0.716. The topological polar surface area (TPSA) is 103 Å². The van der Waals surface area contributed by atoms with Crippen LogP contribution in [0.15, 0.2) is 18.2 Å². The van der Waals surface area contributed by atoms with E-state index in [1.165, 1.54) is 19.1 Å². The van der Waals surface area contributed by atoms with Crippen LogP contribution in [0.5, 0.6) is 11.5 Å². The van der Waals surface area contributed by atoms with Crippen LogP contribution < -0.4 is 20.1 Å². The molecule has 0 saturated heterocycles. The number of likely N-dealkylation sites (N-methyl/N-ethyl adjacent to an activating group) is 1. The lowest BCUT2D eigenvalue weighted by Crippen LogP contribution is -2.46. The van der Waals surface area contributed by atoms with Crippen molar-refractivity contribution < 1.29 is 28.6 Å². The first-order valence-electron chi connectivity index (χ1n) is 8.41. The number of carbonyl (C=O) groups is 3. The molecule has 1 heterocycles. The molecule has 0 spiro atoms. The van der Waals surface area contributed by atoms with Crippen molar-refractivity contribution in [2.45, 2.75) is 19.9 Å². The molecule has 27 heavy (non-hydrogen) atoms. The van der Waals surface area contributed by atoms with Gasteiger partial charge in [-0.1, -0.05) is 11.6 Å². The molecule has 1 atom stereocenters. The summed E-state index contributed by atoms with van der Waals surface area (Å²) in [5.41, 5.74) is 0.621. The highest BCUT2D eigenvalue weighted by Crippen LogP contribution is 2.38. The Bertz CT molecular complexity index is 750. The molecule has 1 aromatic carbocycles. The number of esters is 1. The molecule has 8 nitrogen and oxygen atoms in total. The van der Waals surface area contributed by atoms with E-state index in [9.17, 15) is 14.4 Å². The summed E-state index contributed by atoms with van der Waals surface area (Å²) in [7, 11) is 0. The zero-order valence-electron chi connectivity index (χ0n) is 15.0. The van der Waals surface area contributed by atoms with Gasteiger partial charge < -0.3 is 24.8 Å². The summed E-state index contributed by atoms with van der Waals surface area (Å²) in [6.45, 7) is 4.13. The molecule has 0 aliphatic carbocycles. The van der Waals surface area contributed by atoms with Crippen molar-refractivity contribution >= 4 is 35.5 Å². The van der Waals surface area contributed by atoms with Crippen LogP contribution in [0.1, 0.15) is 19.4 Å². The van der Waals surface area contributed by atoms with Gasteiger partial charge in [0.05, 0.1) is 5.02 Å². The highest BCUT2D eigenvalue weighted by molar-refractivity contribution is 6.32. The molecule has 2 N–H and O–H groups in total. The molecular weight excluding hydrogens is 376 g/mol. The molecule has 0 fully saturated rings. The number of hydrogen-bond acceptors (Lipinski definition) is 6. The average Bonchev–Trinajstić information content (AvgIpc) is 2.65. The number of fused-ring (bicyclic) bond motifs is 1. The van der Waals surface area contributed by atoms with E-state index in [1.807, 2.05) is 0 Å². The molecule has 1 aromatic rings. The number of nitrogens with one attached hydrogen (secondary N) is 2. The fourth-order valence-electron chi connectivity index (χ4n) is 2.25. The number of carbonyl (C=O) groups excluding carboxylic acids is 3. The van der Waals surface area contributed by atoms with Crippen LogP contribution in [0.3, 0.4) is 0 Å². The molecule has 1 aliphatic rings. The molecule has 0 saturated carbocycles. The SMILES string of the molecule is CCNC(=O)[C@H](C)NC(=O)COC(=O)/C=C/c1cc(Cl)c2c(c1)OCCO2. The molecule has 0 bridgehead atoms. The number of benzene rings is 1. The van der Waals surface area contributed by atoms with Crippen LogP contribution >= 0.6 is 11.6 Å². The molecular formula is C18H21ClN2O6. The second-order valence-corrected chi connectivity index (χ2v) is 6.06. The van der Waals surface area contributed by atoms with Crippen LogP contribution in [0.25, 0.3) is 6.08 Å². The summed E-state index contributed by atoms with van der Waals surface area (Å²) < 4.78 is 15.7. The van der Waals surface area contributed by atoms with Crippen LogP contribution in [-0.2, 0) is 19.1 Å². The van der Waals surface area contributed by atoms with E-state index in [1.54, 1.807) is 19.1 Å². The highest BCUT2D eigenvalue weighted by atomic mass is 35.5. The summed E-state index contributed by atoms with van der Waals surface area (Å²) in [6.07, 6.45) is 2.66. The zero-order valence-corrected chi connectivity index (χ0v) is 15.8. The molecule has 0 radical (unpaired) electrons. The van der Waals surface area contributed by atoms with Crippen molar-refractivity contribution in [3.05, 3.63) is 28.8 Å². The fourth-order valence-corrected chi connectivity index (χ4v) is 2.53. The Balaban J connectivity index is 1.84. The van der Waals surface area contributed by atoms with Crippen LogP contribution in [0, 0.1) is 0 Å². The Morgan fingerprint density at radius 2 is 2.04 bits per heavy atom. The summed E-state index contributed by atoms with van der Waals surface area (Å²) in [5, 5.41) is 5.39. The predicted octanol–water partition coefficient (Wildman–Crippen LogP) is 1.31. The summed E-state index contributed by atoms with van der Waals surface area (Å²) in [4.78, 5) is 35.0. The van der Waals surface area contributed by atoms with Crippen molar-refractivity contribution in [3.8, 4) is 11.5 Å². The largest absolute Gasteiger partial charge is 0.486 e. The van der Waals surface area contributed by atoms with Gasteiger partial charge in [0.15, 0.2) is 18.1 Å². The van der Waals surface area contributed by atoms with E-state index >= 15 is 0 Å². The maximum atomic E-state index is 11.8. The van der Waals surface area contributed by atoms with Crippen molar-refractivity contribution in [1.29, 1.82) is 0 Å². The van der Waals surface area contributed by atoms with Crippen LogP contribution in [0.2, 0.25) is 5.02 Å². The normalized spacial score (nSPS) is 13.7. The van der Waals surface area contributed by atoms with E-state index in [0.717, 1.165) is 0 Å². The third-order valence-electron chi connectivity index (χ3n) is 3.50. The Kier molecular flexibility index (Phi) is 7.48. The van der Waals surface area contributed by atoms with Crippen LogP contribution in [0.4, 0.5) is 0 Å². The van der Waals surface area contributed by atoms with Gasteiger partial charge >= 0.3 is 5.97 Å². The van der Waals surface area contributed by atoms with Crippen molar-refractivity contribution in [1.82, 2.24) is 10.6 Å². The highest BCUT2D eigenvalue weighted by Gasteiger charge is 2.17. The third kappa shape index (κ3) is 6.18. The van der Waals surface area contributed by atoms with Gasteiger partial charge in [0, 0.05) is 12.6 Å². The zero-order chi connectivity index (χ0) is 19.8. The minimum Gasteiger partial charge on any atom is -0.486 e. The van der Waals surface area contributed by atoms with Gasteiger partial charge in [-0.3, -0.25) is 9.59 Å². The number of rotatable bonds is 7. The smallest absolute Gasteiger partial charge is 0.331 e. The van der Waals surface area contributed by atoms with Gasteiger partial charge in [-0.15, -0.1) is 0 Å². The quantitative estimate of drug-likeness (QED) is 0.532. The lowest BCUT2D eigenvalue weighted by atomic mass is 10.2. The molecule has 9 heteroatoms. The lowest BCUT2D eigenvalue weighted by Gasteiger charge is -2.19. The van der Waals surface area contributed by atoms with E-state index in [0.29, 0.717) is 41.8 Å². The first-order valence-corrected chi connectivity index (χ1v) is 8.79. The second kappa shape index (κ2) is 9.82. The van der Waals surface area contributed by atoms with Gasteiger partial charge in [-0.2, -0.15) is 0 Å². The molecule has 0 aromatic heterocycles. The Labute approximate surface area is 161 Å². The predicted molar refractivity (Wildman–Crippen MR) is 98.7 cm³/mol. The molecule has 2 rings (SSSR count). The Hall–Kier alpha value is -2.74. The van der Waals surface area contributed by atoms with Crippen molar-refractivity contribution in [3.63, 3.8) is 0 Å².